The molecule has 8 nitrogen and oxygen atoms in total. The fourth-order valence-corrected chi connectivity index (χ4v) is 3.95. The van der Waals surface area contributed by atoms with Gasteiger partial charge in [0.05, 0.1) is 18.2 Å². The maximum atomic E-state index is 12.4. The summed E-state index contributed by atoms with van der Waals surface area (Å²) in [6, 6.07) is 2.28. The zero-order chi connectivity index (χ0) is 21.7. The zero-order valence-electron chi connectivity index (χ0n) is 16.7. The number of nitrogens with zero attached hydrogens (tertiary/aromatic N) is 4. The highest BCUT2D eigenvalue weighted by Crippen LogP contribution is 2.27. The monoisotopic (exact) mass is 432 g/mol. The van der Waals surface area contributed by atoms with E-state index in [-0.39, 0.29) is 11.9 Å². The molecular weight excluding hydrogens is 405 g/mol. The van der Waals surface area contributed by atoms with E-state index in [1.165, 1.54) is 5.69 Å². The van der Waals surface area contributed by atoms with Gasteiger partial charge in [-0.05, 0) is 31.2 Å². The number of carbonyl (C=O) groups excluding carboxylic acids is 1. The molecule has 1 aromatic heterocycles. The summed E-state index contributed by atoms with van der Waals surface area (Å²) in [6.07, 6.45) is 0.840. The standard InChI is InChI=1S/C17H26N4O2.C2HF3O2/c22-17(20-6-1-7-20)10-16-13-19(11-14-3-8-23-9-4-14)12-15-2-5-18-21(15)16;3-2(4,5)1(6)7/h2,5,14,16H,1,3-4,6-13H2;(H,6,7). The molecule has 0 bridgehead atoms. The number of halogens is 3. The quantitative estimate of drug-likeness (QED) is 0.782. The van der Waals surface area contributed by atoms with Gasteiger partial charge in [0, 0.05) is 52.1 Å². The Hall–Kier alpha value is -2.14. The molecule has 0 spiro atoms. The van der Waals surface area contributed by atoms with Gasteiger partial charge in [-0.15, -0.1) is 0 Å². The minimum Gasteiger partial charge on any atom is -0.475 e. The highest BCUT2D eigenvalue weighted by Gasteiger charge is 2.38. The van der Waals surface area contributed by atoms with Gasteiger partial charge in [-0.2, -0.15) is 18.3 Å². The number of alkyl halides is 3. The van der Waals surface area contributed by atoms with Gasteiger partial charge in [0.25, 0.3) is 0 Å². The lowest BCUT2D eigenvalue weighted by Crippen LogP contribution is -2.46. The van der Waals surface area contributed by atoms with Crippen molar-refractivity contribution in [2.45, 2.75) is 44.4 Å². The lowest BCUT2D eigenvalue weighted by molar-refractivity contribution is -0.192. The molecule has 0 aromatic carbocycles. The lowest BCUT2D eigenvalue weighted by Gasteiger charge is -2.38. The van der Waals surface area contributed by atoms with Crippen molar-refractivity contribution in [3.05, 3.63) is 18.0 Å². The molecule has 30 heavy (non-hydrogen) atoms. The number of hydrogen-bond acceptors (Lipinski definition) is 5. The van der Waals surface area contributed by atoms with Crippen LogP contribution in [0.5, 0.6) is 0 Å². The van der Waals surface area contributed by atoms with Crippen molar-refractivity contribution in [3.63, 3.8) is 0 Å². The molecule has 4 rings (SSSR count). The van der Waals surface area contributed by atoms with E-state index >= 15 is 0 Å². The van der Waals surface area contributed by atoms with Crippen molar-refractivity contribution in [1.29, 1.82) is 0 Å². The first-order chi connectivity index (χ1) is 14.2. The number of aliphatic carboxylic acids is 1. The van der Waals surface area contributed by atoms with E-state index < -0.39 is 12.1 Å². The average Bonchev–Trinajstić information content (AvgIpc) is 3.09. The number of ether oxygens (including phenoxy) is 1. The fraction of sp³-hybridized carbons (Fsp3) is 0.737. The van der Waals surface area contributed by atoms with Crippen LogP contribution in [0.3, 0.4) is 0 Å². The average molecular weight is 432 g/mol. The summed E-state index contributed by atoms with van der Waals surface area (Å²) in [5.41, 5.74) is 1.24. The van der Waals surface area contributed by atoms with Crippen LogP contribution in [0.4, 0.5) is 13.2 Å². The number of rotatable bonds is 4. The van der Waals surface area contributed by atoms with Gasteiger partial charge in [-0.1, -0.05) is 0 Å². The predicted octanol–water partition coefficient (Wildman–Crippen LogP) is 1.92. The topological polar surface area (TPSA) is 87.9 Å². The molecule has 168 valence electrons. The van der Waals surface area contributed by atoms with Crippen LogP contribution in [0, 0.1) is 5.92 Å². The van der Waals surface area contributed by atoms with Crippen molar-refractivity contribution in [1.82, 2.24) is 19.6 Å². The summed E-state index contributed by atoms with van der Waals surface area (Å²) < 4.78 is 39.3. The molecule has 1 aromatic rings. The van der Waals surface area contributed by atoms with Crippen molar-refractivity contribution in [3.8, 4) is 0 Å². The maximum Gasteiger partial charge on any atom is 0.490 e. The fourth-order valence-electron chi connectivity index (χ4n) is 3.95. The van der Waals surface area contributed by atoms with Gasteiger partial charge in [0.2, 0.25) is 5.91 Å². The highest BCUT2D eigenvalue weighted by atomic mass is 19.4. The minimum atomic E-state index is -5.08. The Morgan fingerprint density at radius 1 is 1.23 bits per heavy atom. The second kappa shape index (κ2) is 9.78. The Labute approximate surface area is 172 Å². The van der Waals surface area contributed by atoms with Crippen LogP contribution >= 0.6 is 0 Å². The van der Waals surface area contributed by atoms with E-state index in [9.17, 15) is 18.0 Å². The molecule has 0 saturated carbocycles. The van der Waals surface area contributed by atoms with Crippen molar-refractivity contribution in [2.24, 2.45) is 5.92 Å². The number of carboxylic acid groups (broad SMARTS) is 1. The Morgan fingerprint density at radius 2 is 1.90 bits per heavy atom. The van der Waals surface area contributed by atoms with Crippen LogP contribution in [-0.2, 0) is 20.9 Å². The van der Waals surface area contributed by atoms with E-state index in [1.807, 2.05) is 11.1 Å². The number of carbonyl (C=O) groups is 2. The summed E-state index contributed by atoms with van der Waals surface area (Å²) in [4.78, 5) is 25.8. The third-order valence-corrected chi connectivity index (χ3v) is 5.67. The summed E-state index contributed by atoms with van der Waals surface area (Å²) >= 11 is 0. The van der Waals surface area contributed by atoms with Gasteiger partial charge >= 0.3 is 12.1 Å². The Balaban J connectivity index is 0.000000318. The molecule has 1 unspecified atom stereocenters. The van der Waals surface area contributed by atoms with Crippen LogP contribution in [0.1, 0.15) is 37.4 Å². The molecule has 3 aliphatic heterocycles. The largest absolute Gasteiger partial charge is 0.490 e. The second-order valence-electron chi connectivity index (χ2n) is 7.91. The third-order valence-electron chi connectivity index (χ3n) is 5.67. The van der Waals surface area contributed by atoms with Gasteiger partial charge in [-0.3, -0.25) is 14.4 Å². The highest BCUT2D eigenvalue weighted by molar-refractivity contribution is 5.77. The first kappa shape index (κ1) is 22.5. The summed E-state index contributed by atoms with van der Waals surface area (Å²) in [7, 11) is 0. The first-order valence-corrected chi connectivity index (χ1v) is 10.1. The van der Waals surface area contributed by atoms with Crippen LogP contribution in [0.2, 0.25) is 0 Å². The number of aromatic nitrogens is 2. The van der Waals surface area contributed by atoms with Crippen LogP contribution in [0.15, 0.2) is 12.3 Å². The number of likely N-dealkylation sites (tertiary alicyclic amines) is 1. The Morgan fingerprint density at radius 3 is 2.47 bits per heavy atom. The molecule has 0 radical (unpaired) electrons. The molecule has 1 atom stereocenters. The molecule has 1 amide bonds. The Bertz CT molecular complexity index is 730. The SMILES string of the molecule is O=C(CC1CN(CC2CCOCC2)Cc2ccnn21)N1CCC1.O=C(O)C(F)(F)F. The normalized spacial score (nSPS) is 22.5. The van der Waals surface area contributed by atoms with E-state index in [2.05, 4.69) is 20.7 Å². The number of amides is 1. The molecule has 4 heterocycles. The molecule has 0 aliphatic carbocycles. The third kappa shape index (κ3) is 5.94. The van der Waals surface area contributed by atoms with Crippen molar-refractivity contribution in [2.75, 3.05) is 39.4 Å². The number of hydrogen-bond donors (Lipinski definition) is 1. The van der Waals surface area contributed by atoms with E-state index in [0.717, 1.165) is 71.1 Å². The zero-order valence-corrected chi connectivity index (χ0v) is 16.7. The van der Waals surface area contributed by atoms with Crippen LogP contribution in [-0.4, -0.2) is 82.1 Å². The molecule has 1 N–H and O–H groups in total. The van der Waals surface area contributed by atoms with Crippen LogP contribution in [0.25, 0.3) is 0 Å². The number of fused-ring (bicyclic) bond motifs is 1. The first-order valence-electron chi connectivity index (χ1n) is 10.1. The Kier molecular flexibility index (Phi) is 7.35. The molecule has 2 fully saturated rings. The molecule has 11 heteroatoms. The number of carboxylic acids is 1. The smallest absolute Gasteiger partial charge is 0.475 e. The van der Waals surface area contributed by atoms with Gasteiger partial charge in [0.15, 0.2) is 0 Å². The lowest BCUT2D eigenvalue weighted by atomic mass is 9.98. The van der Waals surface area contributed by atoms with Gasteiger partial charge in [0.1, 0.15) is 0 Å². The van der Waals surface area contributed by atoms with E-state index in [0.29, 0.717) is 6.42 Å². The van der Waals surface area contributed by atoms with E-state index in [4.69, 9.17) is 14.6 Å². The van der Waals surface area contributed by atoms with Crippen LogP contribution < -0.4 is 0 Å². The minimum absolute atomic E-state index is 0.182. The summed E-state index contributed by atoms with van der Waals surface area (Å²) in [6.45, 7) is 6.66. The second-order valence-corrected chi connectivity index (χ2v) is 7.91. The van der Waals surface area contributed by atoms with Crippen molar-refractivity contribution < 1.29 is 32.6 Å². The molecule has 2 saturated heterocycles. The molecule has 3 aliphatic rings. The molecular formula is C19H27F3N4O4. The van der Waals surface area contributed by atoms with Gasteiger partial charge in [-0.25, -0.2) is 4.79 Å². The summed E-state index contributed by atoms with van der Waals surface area (Å²) in [5, 5.41) is 11.6. The van der Waals surface area contributed by atoms with Gasteiger partial charge < -0.3 is 14.7 Å². The summed E-state index contributed by atoms with van der Waals surface area (Å²) in [5.74, 6) is -1.74. The van der Waals surface area contributed by atoms with E-state index in [1.54, 1.807) is 0 Å². The predicted molar refractivity (Wildman–Crippen MR) is 99.6 cm³/mol. The van der Waals surface area contributed by atoms with Crippen molar-refractivity contribution >= 4 is 11.9 Å². The maximum absolute atomic E-state index is 12.4.